The molecule has 0 saturated carbocycles. The van der Waals surface area contributed by atoms with Crippen molar-refractivity contribution in [1.82, 2.24) is 10.6 Å². The van der Waals surface area contributed by atoms with Gasteiger partial charge in [0.25, 0.3) is 5.91 Å². The molecule has 4 nitrogen and oxygen atoms in total. The topological polar surface area (TPSA) is 58.2 Å². The van der Waals surface area contributed by atoms with Crippen molar-refractivity contribution < 1.29 is 9.59 Å². The molecule has 0 heterocycles. The molecule has 0 aliphatic carbocycles. The van der Waals surface area contributed by atoms with Crippen molar-refractivity contribution in [2.24, 2.45) is 0 Å². The maximum atomic E-state index is 11.5. The Labute approximate surface area is 105 Å². The molecule has 0 saturated heterocycles. The third-order valence-electron chi connectivity index (χ3n) is 1.99. The van der Waals surface area contributed by atoms with Crippen LogP contribution in [0, 0.1) is 0 Å². The zero-order chi connectivity index (χ0) is 12.8. The third-order valence-corrected chi connectivity index (χ3v) is 2.33. The van der Waals surface area contributed by atoms with Gasteiger partial charge in [-0.05, 0) is 17.7 Å². The number of hydrogen-bond acceptors (Lipinski definition) is 2. The number of carbonyl (C=O) groups is 2. The second kappa shape index (κ2) is 6.06. The van der Waals surface area contributed by atoms with E-state index in [0.717, 1.165) is 0 Å². The Hall–Kier alpha value is -1.81. The number of halogens is 1. The second-order valence-corrected chi connectivity index (χ2v) is 3.75. The molecule has 5 heteroatoms. The molecule has 0 atom stereocenters. The number of likely N-dealkylation sites (N-methyl/N-ethyl adjacent to an activating group) is 1. The minimum absolute atomic E-state index is 0.160. The highest BCUT2D eigenvalue weighted by atomic mass is 35.5. The van der Waals surface area contributed by atoms with E-state index in [9.17, 15) is 9.59 Å². The lowest BCUT2D eigenvalue weighted by atomic mass is 10.2. The summed E-state index contributed by atoms with van der Waals surface area (Å²) in [5.41, 5.74) is 0.828. The standard InChI is InChI=1S/C12H13ClN2O2/c1-8(16)15-11(12(17)14-2)7-9-5-3-4-6-10(9)13/h3-7H,1-2H3,(H,14,17)(H,15,16). The molecule has 0 spiro atoms. The molecule has 17 heavy (non-hydrogen) atoms. The molecule has 0 aromatic heterocycles. The number of benzene rings is 1. The van der Waals surface area contributed by atoms with Gasteiger partial charge < -0.3 is 10.6 Å². The summed E-state index contributed by atoms with van der Waals surface area (Å²) in [5.74, 6) is -0.688. The predicted molar refractivity (Wildman–Crippen MR) is 67.3 cm³/mol. The van der Waals surface area contributed by atoms with Crippen molar-refractivity contribution in [2.45, 2.75) is 6.92 Å². The molecule has 90 valence electrons. The Morgan fingerprint density at radius 3 is 2.47 bits per heavy atom. The van der Waals surface area contributed by atoms with Gasteiger partial charge in [-0.2, -0.15) is 0 Å². The number of carbonyl (C=O) groups excluding carboxylic acids is 2. The van der Waals surface area contributed by atoms with Gasteiger partial charge >= 0.3 is 0 Å². The van der Waals surface area contributed by atoms with Gasteiger partial charge in [-0.3, -0.25) is 9.59 Å². The average Bonchev–Trinajstić information content (AvgIpc) is 2.29. The molecule has 2 amide bonds. The first kappa shape index (κ1) is 13.3. The van der Waals surface area contributed by atoms with Crippen molar-refractivity contribution in [2.75, 3.05) is 7.05 Å². The monoisotopic (exact) mass is 252 g/mol. The number of nitrogens with one attached hydrogen (secondary N) is 2. The van der Waals surface area contributed by atoms with Crippen LogP contribution in [0.5, 0.6) is 0 Å². The zero-order valence-corrected chi connectivity index (χ0v) is 10.3. The molecule has 1 aromatic rings. The van der Waals surface area contributed by atoms with Crippen LogP contribution < -0.4 is 10.6 Å². The minimum Gasteiger partial charge on any atom is -0.354 e. The van der Waals surface area contributed by atoms with Crippen molar-refractivity contribution >= 4 is 29.5 Å². The molecule has 0 aliphatic heterocycles. The van der Waals surface area contributed by atoms with Crippen LogP contribution in [-0.2, 0) is 9.59 Å². The first-order valence-corrected chi connectivity index (χ1v) is 5.38. The molecule has 0 fully saturated rings. The smallest absolute Gasteiger partial charge is 0.267 e. The molecule has 0 unspecified atom stereocenters. The van der Waals surface area contributed by atoms with E-state index in [4.69, 9.17) is 11.6 Å². The van der Waals surface area contributed by atoms with Gasteiger partial charge in [0.1, 0.15) is 5.70 Å². The van der Waals surface area contributed by atoms with E-state index in [1.54, 1.807) is 24.3 Å². The van der Waals surface area contributed by atoms with Crippen LogP contribution in [0.4, 0.5) is 0 Å². The van der Waals surface area contributed by atoms with E-state index in [1.807, 2.05) is 0 Å². The van der Waals surface area contributed by atoms with Gasteiger partial charge in [0.15, 0.2) is 0 Å². The molecule has 0 bridgehead atoms. The van der Waals surface area contributed by atoms with E-state index >= 15 is 0 Å². The molecular weight excluding hydrogens is 240 g/mol. The van der Waals surface area contributed by atoms with E-state index in [1.165, 1.54) is 20.0 Å². The van der Waals surface area contributed by atoms with Crippen LogP contribution in [0.1, 0.15) is 12.5 Å². The lowest BCUT2D eigenvalue weighted by Crippen LogP contribution is -2.31. The van der Waals surface area contributed by atoms with Crippen molar-refractivity contribution in [3.8, 4) is 0 Å². The molecule has 2 N–H and O–H groups in total. The molecule has 1 aromatic carbocycles. The molecule has 1 rings (SSSR count). The summed E-state index contributed by atoms with van der Waals surface area (Å²) >= 11 is 5.96. The highest BCUT2D eigenvalue weighted by Gasteiger charge is 2.09. The lowest BCUT2D eigenvalue weighted by molar-refractivity contribution is -0.122. The third kappa shape index (κ3) is 3.92. The zero-order valence-electron chi connectivity index (χ0n) is 9.58. The van der Waals surface area contributed by atoms with Gasteiger partial charge in [-0.1, -0.05) is 29.8 Å². The van der Waals surface area contributed by atoms with Crippen LogP contribution >= 0.6 is 11.6 Å². The van der Waals surface area contributed by atoms with Gasteiger partial charge in [0.2, 0.25) is 5.91 Å². The first-order valence-electron chi connectivity index (χ1n) is 5.00. The Kier molecular flexibility index (Phi) is 4.72. The SMILES string of the molecule is CNC(=O)C(=Cc1ccccc1Cl)NC(C)=O. The molecule has 0 aliphatic rings. The van der Waals surface area contributed by atoms with Crippen LogP contribution in [0.15, 0.2) is 30.0 Å². The summed E-state index contributed by atoms with van der Waals surface area (Å²) in [4.78, 5) is 22.5. The molecular formula is C12H13ClN2O2. The highest BCUT2D eigenvalue weighted by Crippen LogP contribution is 2.17. The van der Waals surface area contributed by atoms with Gasteiger partial charge in [0, 0.05) is 19.0 Å². The fourth-order valence-electron chi connectivity index (χ4n) is 1.23. The van der Waals surface area contributed by atoms with Crippen molar-refractivity contribution in [1.29, 1.82) is 0 Å². The van der Waals surface area contributed by atoms with Gasteiger partial charge in [-0.15, -0.1) is 0 Å². The summed E-state index contributed by atoms with van der Waals surface area (Å²) in [5, 5.41) is 5.42. The van der Waals surface area contributed by atoms with Crippen molar-refractivity contribution in [3.05, 3.63) is 40.5 Å². The highest BCUT2D eigenvalue weighted by molar-refractivity contribution is 6.32. The van der Waals surface area contributed by atoms with Crippen LogP contribution in [0.3, 0.4) is 0 Å². The quantitative estimate of drug-likeness (QED) is 0.803. The average molecular weight is 253 g/mol. The van der Waals surface area contributed by atoms with Crippen LogP contribution in [0.25, 0.3) is 6.08 Å². The predicted octanol–water partition coefficient (Wildman–Crippen LogP) is 1.56. The normalized spacial score (nSPS) is 10.9. The lowest BCUT2D eigenvalue weighted by Gasteiger charge is -2.07. The van der Waals surface area contributed by atoms with E-state index < -0.39 is 0 Å². The number of hydrogen-bond donors (Lipinski definition) is 2. The Morgan fingerprint density at radius 1 is 1.29 bits per heavy atom. The summed E-state index contributed by atoms with van der Waals surface area (Å²) in [7, 11) is 1.49. The Morgan fingerprint density at radius 2 is 1.94 bits per heavy atom. The van der Waals surface area contributed by atoms with Crippen LogP contribution in [-0.4, -0.2) is 18.9 Å². The maximum absolute atomic E-state index is 11.5. The van der Waals surface area contributed by atoms with Gasteiger partial charge in [0.05, 0.1) is 0 Å². The van der Waals surface area contributed by atoms with E-state index in [-0.39, 0.29) is 17.5 Å². The second-order valence-electron chi connectivity index (χ2n) is 3.34. The Bertz CT molecular complexity index is 469. The van der Waals surface area contributed by atoms with E-state index in [0.29, 0.717) is 10.6 Å². The van der Waals surface area contributed by atoms with E-state index in [2.05, 4.69) is 10.6 Å². The summed E-state index contributed by atoms with van der Waals surface area (Å²) < 4.78 is 0. The molecule has 0 radical (unpaired) electrons. The fourth-order valence-corrected chi connectivity index (χ4v) is 1.42. The summed E-state index contributed by atoms with van der Waals surface area (Å²) in [6.45, 7) is 1.34. The fraction of sp³-hybridized carbons (Fsp3) is 0.167. The Balaban J connectivity index is 3.09. The van der Waals surface area contributed by atoms with Gasteiger partial charge in [-0.25, -0.2) is 0 Å². The van der Waals surface area contributed by atoms with Crippen LogP contribution in [0.2, 0.25) is 5.02 Å². The number of rotatable bonds is 3. The minimum atomic E-state index is -0.375. The first-order chi connectivity index (χ1) is 8.04. The summed E-state index contributed by atoms with van der Waals surface area (Å²) in [6.07, 6.45) is 1.53. The number of amides is 2. The summed E-state index contributed by atoms with van der Waals surface area (Å²) in [6, 6.07) is 7.06. The van der Waals surface area contributed by atoms with Crippen molar-refractivity contribution in [3.63, 3.8) is 0 Å². The largest absolute Gasteiger partial charge is 0.354 e. The maximum Gasteiger partial charge on any atom is 0.267 e.